The van der Waals surface area contributed by atoms with Crippen molar-refractivity contribution in [2.45, 2.75) is 31.9 Å². The highest BCUT2D eigenvalue weighted by molar-refractivity contribution is 5.96. The lowest BCUT2D eigenvalue weighted by molar-refractivity contribution is -0.115. The zero-order chi connectivity index (χ0) is 17.1. The summed E-state index contributed by atoms with van der Waals surface area (Å²) in [6, 6.07) is 14.2. The number of hydrogen-bond acceptors (Lipinski definition) is 3. The lowest BCUT2D eigenvalue weighted by Crippen LogP contribution is -2.16. The second-order valence-corrected chi connectivity index (χ2v) is 6.45. The van der Waals surface area contributed by atoms with Crippen LogP contribution in [0.3, 0.4) is 0 Å². The van der Waals surface area contributed by atoms with Gasteiger partial charge in [0.15, 0.2) is 0 Å². The van der Waals surface area contributed by atoms with E-state index in [4.69, 9.17) is 4.74 Å². The molecule has 1 saturated heterocycles. The van der Waals surface area contributed by atoms with Gasteiger partial charge in [0.2, 0.25) is 5.91 Å². The molecule has 1 amide bonds. The average molecular weight is 335 g/mol. The van der Waals surface area contributed by atoms with E-state index in [1.807, 2.05) is 35.1 Å². The first-order chi connectivity index (χ1) is 12.3. The van der Waals surface area contributed by atoms with Crippen LogP contribution in [0.1, 0.15) is 18.4 Å². The smallest absolute Gasteiger partial charge is 0.228 e. The molecule has 1 fully saturated rings. The van der Waals surface area contributed by atoms with Crippen LogP contribution in [0.2, 0.25) is 0 Å². The molecule has 0 aliphatic carbocycles. The molecule has 5 heteroatoms. The van der Waals surface area contributed by atoms with E-state index in [-0.39, 0.29) is 12.0 Å². The third kappa shape index (κ3) is 3.72. The molecule has 2 heterocycles. The van der Waals surface area contributed by atoms with Gasteiger partial charge in [0.25, 0.3) is 0 Å². The van der Waals surface area contributed by atoms with E-state index in [1.54, 1.807) is 6.20 Å². The quantitative estimate of drug-likeness (QED) is 0.777. The maximum absolute atomic E-state index is 12.4. The Labute approximate surface area is 146 Å². The fourth-order valence-electron chi connectivity index (χ4n) is 3.35. The highest BCUT2D eigenvalue weighted by atomic mass is 16.5. The predicted molar refractivity (Wildman–Crippen MR) is 97.5 cm³/mol. The fourth-order valence-corrected chi connectivity index (χ4v) is 3.35. The van der Waals surface area contributed by atoms with E-state index in [0.29, 0.717) is 6.42 Å². The maximum Gasteiger partial charge on any atom is 0.228 e. The summed E-state index contributed by atoms with van der Waals surface area (Å²) in [5.41, 5.74) is 1.76. The lowest BCUT2D eigenvalue weighted by Gasteiger charge is -2.08. The summed E-state index contributed by atoms with van der Waals surface area (Å²) in [4.78, 5) is 12.4. The molecule has 1 aliphatic heterocycles. The van der Waals surface area contributed by atoms with E-state index in [1.165, 1.54) is 0 Å². The van der Waals surface area contributed by atoms with Crippen LogP contribution in [-0.4, -0.2) is 28.4 Å². The summed E-state index contributed by atoms with van der Waals surface area (Å²) < 4.78 is 7.46. The Hall–Kier alpha value is -2.66. The van der Waals surface area contributed by atoms with Gasteiger partial charge in [0, 0.05) is 12.8 Å². The summed E-state index contributed by atoms with van der Waals surface area (Å²) >= 11 is 0. The van der Waals surface area contributed by atoms with Gasteiger partial charge >= 0.3 is 0 Å². The molecule has 0 bridgehead atoms. The van der Waals surface area contributed by atoms with Crippen molar-refractivity contribution in [3.05, 3.63) is 60.4 Å². The van der Waals surface area contributed by atoms with E-state index >= 15 is 0 Å². The standard InChI is InChI=1S/C20H21N3O2/c24-20(11-16-7-3-6-15-5-1-2-9-19(15)16)22-17-12-21-23(13-17)14-18-8-4-10-25-18/h1-3,5-7,9,12-13,18H,4,8,10-11,14H2,(H,22,24)/t18-/m0/s1. The Morgan fingerprint density at radius 1 is 1.24 bits per heavy atom. The van der Waals surface area contributed by atoms with Gasteiger partial charge in [-0.05, 0) is 29.2 Å². The zero-order valence-electron chi connectivity index (χ0n) is 14.0. The number of anilines is 1. The van der Waals surface area contributed by atoms with Crippen molar-refractivity contribution in [2.24, 2.45) is 0 Å². The number of ether oxygens (including phenoxy) is 1. The van der Waals surface area contributed by atoms with Crippen molar-refractivity contribution >= 4 is 22.4 Å². The Morgan fingerprint density at radius 2 is 2.12 bits per heavy atom. The molecule has 1 atom stereocenters. The topological polar surface area (TPSA) is 56.2 Å². The van der Waals surface area contributed by atoms with Crippen molar-refractivity contribution in [3.63, 3.8) is 0 Å². The van der Waals surface area contributed by atoms with E-state index < -0.39 is 0 Å². The molecule has 0 unspecified atom stereocenters. The Balaban J connectivity index is 1.41. The molecule has 3 aromatic rings. The number of nitrogens with one attached hydrogen (secondary N) is 1. The highest BCUT2D eigenvalue weighted by Crippen LogP contribution is 2.19. The molecule has 1 N–H and O–H groups in total. The first kappa shape index (κ1) is 15.8. The van der Waals surface area contributed by atoms with Crippen molar-refractivity contribution in [3.8, 4) is 0 Å². The van der Waals surface area contributed by atoms with Crippen LogP contribution in [0.15, 0.2) is 54.9 Å². The first-order valence-corrected chi connectivity index (χ1v) is 8.68. The number of hydrogen-bond donors (Lipinski definition) is 1. The van der Waals surface area contributed by atoms with Crippen LogP contribution < -0.4 is 5.32 Å². The van der Waals surface area contributed by atoms with Gasteiger partial charge in [-0.25, -0.2) is 0 Å². The molecule has 0 saturated carbocycles. The number of amides is 1. The normalized spacial score (nSPS) is 17.0. The van der Waals surface area contributed by atoms with E-state index in [0.717, 1.165) is 48.0 Å². The average Bonchev–Trinajstić information content (AvgIpc) is 3.28. The molecular formula is C20H21N3O2. The van der Waals surface area contributed by atoms with Gasteiger partial charge < -0.3 is 10.1 Å². The molecule has 4 rings (SSSR count). The minimum absolute atomic E-state index is 0.0342. The molecule has 1 aliphatic rings. The van der Waals surface area contributed by atoms with Crippen molar-refractivity contribution in [2.75, 3.05) is 11.9 Å². The number of benzene rings is 2. The lowest BCUT2D eigenvalue weighted by atomic mass is 10.0. The van der Waals surface area contributed by atoms with Crippen LogP contribution in [0.5, 0.6) is 0 Å². The maximum atomic E-state index is 12.4. The molecule has 2 aromatic carbocycles. The second kappa shape index (κ2) is 7.07. The van der Waals surface area contributed by atoms with Crippen LogP contribution >= 0.6 is 0 Å². The number of carbonyl (C=O) groups is 1. The number of fused-ring (bicyclic) bond motifs is 1. The van der Waals surface area contributed by atoms with Gasteiger partial charge in [-0.15, -0.1) is 0 Å². The number of aromatic nitrogens is 2. The third-order valence-corrected chi connectivity index (χ3v) is 4.56. The number of rotatable bonds is 5. The molecular weight excluding hydrogens is 314 g/mol. The van der Waals surface area contributed by atoms with Crippen molar-refractivity contribution in [1.29, 1.82) is 0 Å². The van der Waals surface area contributed by atoms with Crippen LogP contribution in [0.4, 0.5) is 5.69 Å². The highest BCUT2D eigenvalue weighted by Gasteiger charge is 2.16. The fraction of sp³-hybridized carbons (Fsp3) is 0.300. The molecule has 0 spiro atoms. The summed E-state index contributed by atoms with van der Waals surface area (Å²) in [5.74, 6) is -0.0342. The monoisotopic (exact) mass is 335 g/mol. The van der Waals surface area contributed by atoms with Gasteiger partial charge in [-0.1, -0.05) is 42.5 Å². The predicted octanol–water partition coefficient (Wildman–Crippen LogP) is 3.40. The summed E-state index contributed by atoms with van der Waals surface area (Å²) in [7, 11) is 0. The Kier molecular flexibility index (Phi) is 4.48. The van der Waals surface area contributed by atoms with Gasteiger partial charge in [-0.2, -0.15) is 5.10 Å². The van der Waals surface area contributed by atoms with Gasteiger partial charge in [0.05, 0.1) is 31.0 Å². The van der Waals surface area contributed by atoms with Crippen LogP contribution in [0, 0.1) is 0 Å². The largest absolute Gasteiger partial charge is 0.376 e. The molecule has 128 valence electrons. The van der Waals surface area contributed by atoms with Crippen molar-refractivity contribution < 1.29 is 9.53 Å². The van der Waals surface area contributed by atoms with Gasteiger partial charge in [-0.3, -0.25) is 9.48 Å². The van der Waals surface area contributed by atoms with E-state index in [9.17, 15) is 4.79 Å². The molecule has 0 radical (unpaired) electrons. The molecule has 25 heavy (non-hydrogen) atoms. The first-order valence-electron chi connectivity index (χ1n) is 8.68. The Morgan fingerprint density at radius 3 is 3.00 bits per heavy atom. The summed E-state index contributed by atoms with van der Waals surface area (Å²) in [6.45, 7) is 1.57. The SMILES string of the molecule is O=C(Cc1cccc2ccccc12)Nc1cnn(C[C@@H]2CCCO2)c1. The minimum atomic E-state index is -0.0342. The molecule has 1 aromatic heterocycles. The summed E-state index contributed by atoms with van der Waals surface area (Å²) in [5, 5.41) is 9.52. The zero-order valence-corrected chi connectivity index (χ0v) is 14.0. The third-order valence-electron chi connectivity index (χ3n) is 4.56. The molecule has 5 nitrogen and oxygen atoms in total. The van der Waals surface area contributed by atoms with E-state index in [2.05, 4.69) is 28.6 Å². The van der Waals surface area contributed by atoms with Crippen molar-refractivity contribution in [1.82, 2.24) is 9.78 Å². The summed E-state index contributed by atoms with van der Waals surface area (Å²) in [6.07, 6.45) is 6.32. The second-order valence-electron chi connectivity index (χ2n) is 6.45. The van der Waals surface area contributed by atoms with Crippen LogP contribution in [-0.2, 0) is 22.5 Å². The van der Waals surface area contributed by atoms with Crippen LogP contribution in [0.25, 0.3) is 10.8 Å². The number of carbonyl (C=O) groups excluding carboxylic acids is 1. The minimum Gasteiger partial charge on any atom is -0.376 e. The Bertz CT molecular complexity index is 876. The number of nitrogens with zero attached hydrogens (tertiary/aromatic N) is 2. The van der Waals surface area contributed by atoms with Gasteiger partial charge in [0.1, 0.15) is 0 Å².